The van der Waals surface area contributed by atoms with Crippen molar-refractivity contribution in [3.05, 3.63) is 34.4 Å². The van der Waals surface area contributed by atoms with Crippen LogP contribution in [0.4, 0.5) is 17.6 Å². The molecular weight excluding hydrogens is 258 g/mol. The molecule has 0 spiro atoms. The average molecular weight is 272 g/mol. The van der Waals surface area contributed by atoms with E-state index in [0.717, 1.165) is 6.92 Å². The van der Waals surface area contributed by atoms with Crippen LogP contribution in [0.25, 0.3) is 0 Å². The van der Waals surface area contributed by atoms with Gasteiger partial charge in [-0.3, -0.25) is 0 Å². The van der Waals surface area contributed by atoms with Crippen LogP contribution in [-0.2, 0) is 6.54 Å². The molecule has 1 aromatic carbocycles. The summed E-state index contributed by atoms with van der Waals surface area (Å²) in [5.74, 6) is -5.24. The Morgan fingerprint density at radius 1 is 0.824 bits per heavy atom. The van der Waals surface area contributed by atoms with Crippen molar-refractivity contribution in [3.8, 4) is 0 Å². The molecule has 0 radical (unpaired) electrons. The fourth-order valence-electron chi connectivity index (χ4n) is 1.40. The third kappa shape index (κ3) is 3.33. The number of benzene rings is 1. The fraction of sp³-hybridized carbons (Fsp3) is 0.455. The van der Waals surface area contributed by atoms with Crippen molar-refractivity contribution in [2.24, 2.45) is 0 Å². The molecule has 0 aliphatic heterocycles. The van der Waals surface area contributed by atoms with Crippen LogP contribution in [0, 0.1) is 30.2 Å². The third-order valence-electron chi connectivity index (χ3n) is 2.21. The van der Waals surface area contributed by atoms with Crippen LogP contribution in [-0.4, -0.2) is 25.6 Å². The average Bonchev–Trinajstić information content (AvgIpc) is 2.17. The number of hydrogen-bond donors (Lipinski definition) is 0. The van der Waals surface area contributed by atoms with Gasteiger partial charge in [0.2, 0.25) is 0 Å². The summed E-state index contributed by atoms with van der Waals surface area (Å²) < 4.78 is 53.5. The third-order valence-corrected chi connectivity index (χ3v) is 2.21. The monoisotopic (exact) mass is 271 g/mol. The van der Waals surface area contributed by atoms with Gasteiger partial charge in [-0.05, 0) is 6.92 Å². The highest BCUT2D eigenvalue weighted by Gasteiger charge is 2.26. The molecule has 0 heterocycles. The summed E-state index contributed by atoms with van der Waals surface area (Å²) >= 11 is 0. The molecule has 0 saturated heterocycles. The lowest BCUT2D eigenvalue weighted by Gasteiger charge is -2.24. The first-order valence-corrected chi connectivity index (χ1v) is 4.77. The largest absolute Gasteiger partial charge is 1.00 e. The van der Waals surface area contributed by atoms with Gasteiger partial charge in [0.1, 0.15) is 6.54 Å². The van der Waals surface area contributed by atoms with Crippen molar-refractivity contribution in [3.63, 3.8) is 0 Å². The van der Waals surface area contributed by atoms with Crippen LogP contribution in [0.1, 0.15) is 11.1 Å². The summed E-state index contributed by atoms with van der Waals surface area (Å²) in [4.78, 5) is 0. The number of nitrogens with zero attached hydrogens (tertiary/aromatic N) is 1. The molecule has 1 rings (SSSR count). The molecule has 0 unspecified atom stereocenters. The van der Waals surface area contributed by atoms with Crippen molar-refractivity contribution in [1.82, 2.24) is 0 Å². The van der Waals surface area contributed by atoms with E-state index in [2.05, 4.69) is 0 Å². The topological polar surface area (TPSA) is 0 Å². The second-order valence-electron chi connectivity index (χ2n) is 4.81. The molecule has 1 nitrogen and oxygen atoms in total. The quantitative estimate of drug-likeness (QED) is 0.396. The first kappa shape index (κ1) is 16.2. The standard InChI is InChI=1S/C11H14F4N.ClH/c1-6-8(12)10(14)7(5-16(2,3)4)11(15)9(6)13;/h5H2,1-4H3;1H/q+1;/p-1. The molecule has 0 bridgehead atoms. The first-order valence-electron chi connectivity index (χ1n) is 4.77. The molecular formula is C11H14ClF4N. The van der Waals surface area contributed by atoms with Gasteiger partial charge in [-0.15, -0.1) is 0 Å². The van der Waals surface area contributed by atoms with Gasteiger partial charge in [0, 0.05) is 5.56 Å². The Labute approximate surface area is 104 Å². The SMILES string of the molecule is Cc1c(F)c(F)c(C[N+](C)(C)C)c(F)c1F.[Cl-]. The predicted octanol–water partition coefficient (Wildman–Crippen LogP) is -0.238. The minimum atomic E-state index is -1.32. The number of halogens is 5. The van der Waals surface area contributed by atoms with Gasteiger partial charge in [-0.25, -0.2) is 17.6 Å². The molecule has 0 amide bonds. The van der Waals surface area contributed by atoms with Crippen molar-refractivity contribution in [2.75, 3.05) is 21.1 Å². The van der Waals surface area contributed by atoms with Crippen LogP contribution in [0.5, 0.6) is 0 Å². The minimum Gasteiger partial charge on any atom is -1.00 e. The van der Waals surface area contributed by atoms with Gasteiger partial charge in [0.25, 0.3) is 0 Å². The van der Waals surface area contributed by atoms with E-state index >= 15 is 0 Å². The molecule has 0 aliphatic rings. The zero-order valence-electron chi connectivity index (χ0n) is 10.0. The maximum Gasteiger partial charge on any atom is 0.171 e. The lowest BCUT2D eigenvalue weighted by Crippen LogP contribution is -3.00. The smallest absolute Gasteiger partial charge is 0.171 e. The molecule has 0 atom stereocenters. The maximum atomic E-state index is 13.4. The van der Waals surface area contributed by atoms with E-state index in [4.69, 9.17) is 0 Å². The molecule has 0 fully saturated rings. The van der Waals surface area contributed by atoms with E-state index in [9.17, 15) is 17.6 Å². The van der Waals surface area contributed by atoms with Crippen molar-refractivity contribution in [1.29, 1.82) is 0 Å². The second-order valence-corrected chi connectivity index (χ2v) is 4.81. The van der Waals surface area contributed by atoms with Gasteiger partial charge in [0.05, 0.1) is 26.7 Å². The fourth-order valence-corrected chi connectivity index (χ4v) is 1.40. The lowest BCUT2D eigenvalue weighted by molar-refractivity contribution is -0.884. The number of quaternary nitrogens is 1. The van der Waals surface area contributed by atoms with Crippen LogP contribution in [0.2, 0.25) is 0 Å². The van der Waals surface area contributed by atoms with Gasteiger partial charge in [0.15, 0.2) is 23.3 Å². The summed E-state index contributed by atoms with van der Waals surface area (Å²) in [6.45, 7) is 0.887. The Bertz CT molecular complexity index is 397. The Balaban J connectivity index is 0.00000256. The lowest BCUT2D eigenvalue weighted by atomic mass is 10.1. The zero-order chi connectivity index (χ0) is 12.7. The first-order chi connectivity index (χ1) is 7.15. The summed E-state index contributed by atoms with van der Waals surface area (Å²) in [5.41, 5.74) is -1.17. The van der Waals surface area contributed by atoms with Crippen LogP contribution >= 0.6 is 0 Å². The highest BCUT2D eigenvalue weighted by atomic mass is 35.5. The second kappa shape index (κ2) is 5.23. The molecule has 1 aromatic rings. The Morgan fingerprint density at radius 3 is 1.47 bits per heavy atom. The molecule has 0 saturated carbocycles. The minimum absolute atomic E-state index is 0. The Morgan fingerprint density at radius 2 is 1.18 bits per heavy atom. The van der Waals surface area contributed by atoms with E-state index < -0.39 is 34.4 Å². The van der Waals surface area contributed by atoms with E-state index in [1.165, 1.54) is 0 Å². The summed E-state index contributed by atoms with van der Waals surface area (Å²) in [6.07, 6.45) is 0. The zero-order valence-corrected chi connectivity index (χ0v) is 10.8. The van der Waals surface area contributed by atoms with E-state index in [1.807, 2.05) is 0 Å². The highest BCUT2D eigenvalue weighted by molar-refractivity contribution is 5.28. The molecule has 98 valence electrons. The van der Waals surface area contributed by atoms with E-state index in [-0.39, 0.29) is 23.4 Å². The maximum absolute atomic E-state index is 13.4. The molecule has 0 aliphatic carbocycles. The van der Waals surface area contributed by atoms with Gasteiger partial charge < -0.3 is 16.9 Å². The summed E-state index contributed by atoms with van der Waals surface area (Å²) in [6, 6.07) is 0. The molecule has 17 heavy (non-hydrogen) atoms. The van der Waals surface area contributed by atoms with Gasteiger partial charge >= 0.3 is 0 Å². The van der Waals surface area contributed by atoms with E-state index in [1.54, 1.807) is 21.1 Å². The van der Waals surface area contributed by atoms with Crippen LogP contribution in [0.3, 0.4) is 0 Å². The van der Waals surface area contributed by atoms with Crippen LogP contribution < -0.4 is 12.4 Å². The van der Waals surface area contributed by atoms with E-state index in [0.29, 0.717) is 0 Å². The predicted molar refractivity (Wildman–Crippen MR) is 52.7 cm³/mol. The van der Waals surface area contributed by atoms with Crippen molar-refractivity contribution >= 4 is 0 Å². The summed E-state index contributed by atoms with van der Waals surface area (Å²) in [7, 11) is 5.03. The normalized spacial score (nSPS) is 11.3. The van der Waals surface area contributed by atoms with Gasteiger partial charge in [-0.1, -0.05) is 0 Å². The van der Waals surface area contributed by atoms with Crippen molar-refractivity contribution < 1.29 is 34.5 Å². The van der Waals surface area contributed by atoms with Crippen LogP contribution in [0.15, 0.2) is 0 Å². The van der Waals surface area contributed by atoms with Gasteiger partial charge in [-0.2, -0.15) is 0 Å². The molecule has 0 N–H and O–H groups in total. The van der Waals surface area contributed by atoms with Crippen molar-refractivity contribution in [2.45, 2.75) is 13.5 Å². The number of hydrogen-bond acceptors (Lipinski definition) is 0. The number of rotatable bonds is 2. The highest BCUT2D eigenvalue weighted by Crippen LogP contribution is 2.25. The Hall–Kier alpha value is -0.810. The summed E-state index contributed by atoms with van der Waals surface area (Å²) in [5, 5.41) is 0. The molecule has 6 heteroatoms. The molecule has 0 aromatic heterocycles. The Kier molecular flexibility index (Phi) is 4.98.